The molecular weight excluding hydrogens is 1360 g/mol. The summed E-state index contributed by atoms with van der Waals surface area (Å²) in [6.07, 6.45) is -7.73. The van der Waals surface area contributed by atoms with Crippen molar-refractivity contribution in [2.75, 3.05) is 132 Å². The third-order valence-electron chi connectivity index (χ3n) is 20.1. The third-order valence-corrected chi connectivity index (χ3v) is 20.1. The van der Waals surface area contributed by atoms with E-state index >= 15 is 0 Å². The number of benzene rings is 5. The van der Waals surface area contributed by atoms with E-state index in [1.807, 2.05) is 78.7 Å². The number of halogens is 10. The number of likely N-dealkylation sites (tertiary alicyclic amines) is 2. The number of nitrogens with one attached hydrogen (secondary N) is 1. The van der Waals surface area contributed by atoms with Gasteiger partial charge in [0.1, 0.15) is 36.8 Å². The van der Waals surface area contributed by atoms with Crippen LogP contribution in [-0.4, -0.2) is 215 Å². The quantitative estimate of drug-likeness (QED) is 0.0284. The number of aliphatic carboxylic acids is 1. The highest BCUT2D eigenvalue weighted by Gasteiger charge is 2.50. The lowest BCUT2D eigenvalue weighted by atomic mass is 9.72. The number of rotatable bonds is 28. The van der Waals surface area contributed by atoms with Gasteiger partial charge in [0.15, 0.2) is 0 Å². The van der Waals surface area contributed by atoms with E-state index in [0.29, 0.717) is 101 Å². The third kappa shape index (κ3) is 22.7. The smallest absolute Gasteiger partial charge is 0.430 e. The van der Waals surface area contributed by atoms with Gasteiger partial charge in [-0.15, -0.1) is 0 Å². The minimum Gasteiger partial charge on any atom is -0.542 e. The first-order valence-corrected chi connectivity index (χ1v) is 34.7. The van der Waals surface area contributed by atoms with Crippen LogP contribution in [0.4, 0.5) is 54.4 Å². The number of anilines is 1. The number of carboxylic acid groups (broad SMARTS) is 1. The second-order valence-electron chi connectivity index (χ2n) is 27.8. The predicted molar refractivity (Wildman–Crippen MR) is 363 cm³/mol. The summed E-state index contributed by atoms with van der Waals surface area (Å²) < 4.78 is 148. The van der Waals surface area contributed by atoms with Crippen LogP contribution in [0.1, 0.15) is 115 Å². The number of likely N-dealkylation sites (N-methyl/N-ethyl adjacent to an activating group) is 2. The molecule has 2 atom stereocenters. The van der Waals surface area contributed by atoms with Gasteiger partial charge >= 0.3 is 24.6 Å². The molecule has 3 heterocycles. The Hall–Kier alpha value is -8.18. The largest absolute Gasteiger partial charge is 0.542 e. The Bertz CT molecular complexity index is 3630. The molecule has 9 rings (SSSR count). The second-order valence-corrected chi connectivity index (χ2v) is 27.8. The summed E-state index contributed by atoms with van der Waals surface area (Å²) in [6, 6.07) is 32.0. The molecule has 0 unspecified atom stereocenters. The molecule has 0 saturated carbocycles. The van der Waals surface area contributed by atoms with Gasteiger partial charge in [-0.25, -0.2) is 9.18 Å². The zero-order valence-electron chi connectivity index (χ0n) is 58.8. The van der Waals surface area contributed by atoms with Crippen molar-refractivity contribution in [3.8, 4) is 11.1 Å². The fourth-order valence-electron chi connectivity index (χ4n) is 13.9. The van der Waals surface area contributed by atoms with Crippen molar-refractivity contribution >= 4 is 41.4 Å². The van der Waals surface area contributed by atoms with Gasteiger partial charge < -0.3 is 58.0 Å². The van der Waals surface area contributed by atoms with Crippen molar-refractivity contribution in [3.05, 3.63) is 161 Å². The number of quaternary nitrogens is 1. The van der Waals surface area contributed by atoms with E-state index in [2.05, 4.69) is 41.3 Å². The van der Waals surface area contributed by atoms with Gasteiger partial charge in [-0.1, -0.05) is 84.9 Å². The molecule has 18 nitrogen and oxygen atoms in total. The number of fused-ring (bicyclic) bond motifs is 2. The highest BCUT2D eigenvalue weighted by molar-refractivity contribution is 5.95. The van der Waals surface area contributed by atoms with Crippen LogP contribution in [0.25, 0.3) is 11.1 Å². The fourth-order valence-corrected chi connectivity index (χ4v) is 13.9. The number of hydrogen-bond donors (Lipinski definition) is 1. The molecule has 3 aliphatic heterocycles. The summed E-state index contributed by atoms with van der Waals surface area (Å²) in [4.78, 5) is 86.2. The zero-order valence-corrected chi connectivity index (χ0v) is 58.8. The van der Waals surface area contributed by atoms with Gasteiger partial charge in [0.2, 0.25) is 17.7 Å². The summed E-state index contributed by atoms with van der Waals surface area (Å²) in [5.41, 5.74) is -0.186. The number of ether oxygens (including phenoxy) is 3. The topological polar surface area (TPSA) is 185 Å². The Kier molecular flexibility index (Phi) is 27.8. The molecule has 28 heteroatoms. The normalized spacial score (nSPS) is 18.0. The summed E-state index contributed by atoms with van der Waals surface area (Å²) in [5.74, 6) is -4.59. The lowest BCUT2D eigenvalue weighted by Crippen LogP contribution is -2.50. The van der Waals surface area contributed by atoms with Gasteiger partial charge in [0, 0.05) is 103 Å². The maximum absolute atomic E-state index is 14.2. The van der Waals surface area contributed by atoms with Crippen molar-refractivity contribution < 1.29 is 96.5 Å². The Morgan fingerprint density at radius 3 is 1.84 bits per heavy atom. The molecule has 3 fully saturated rings. The van der Waals surface area contributed by atoms with Crippen LogP contribution in [0.5, 0.6) is 0 Å². The number of hydrogen-bond acceptors (Lipinski definition) is 12. The van der Waals surface area contributed by atoms with E-state index in [1.165, 1.54) is 29.8 Å². The highest BCUT2D eigenvalue weighted by Crippen LogP contribution is 2.49. The predicted octanol–water partition coefficient (Wildman–Crippen LogP) is 11.4. The van der Waals surface area contributed by atoms with E-state index in [-0.39, 0.29) is 55.6 Å². The number of carbonyl (C=O) groups excluding carboxylic acids is 6. The van der Waals surface area contributed by atoms with E-state index in [4.69, 9.17) is 24.1 Å². The van der Waals surface area contributed by atoms with Crippen LogP contribution < -0.4 is 10.4 Å². The van der Waals surface area contributed by atoms with Crippen molar-refractivity contribution in [1.29, 1.82) is 0 Å². The van der Waals surface area contributed by atoms with Crippen LogP contribution in [0.3, 0.4) is 0 Å². The molecular formula is C75H92F10N8O10. The number of carbonyl (C=O) groups is 6. The number of nitrogens with zero attached hydrogens (tertiary/aromatic N) is 7. The molecule has 0 bridgehead atoms. The molecule has 1 aliphatic carbocycles. The molecule has 0 radical (unpaired) electrons. The van der Waals surface area contributed by atoms with E-state index in [1.54, 1.807) is 23.9 Å². The summed E-state index contributed by atoms with van der Waals surface area (Å²) in [6.45, 7) is 6.58. The number of alkyl halides is 9. The number of unbranched alkanes of at least 4 members (excludes halogenated alkanes) is 2. The number of carboxylic acids is 1. The molecule has 5 aromatic rings. The molecule has 0 aromatic heterocycles. The average molecular weight is 1460 g/mol. The van der Waals surface area contributed by atoms with E-state index < -0.39 is 76.8 Å². The van der Waals surface area contributed by atoms with Crippen LogP contribution in [0.15, 0.2) is 121 Å². The SMILES string of the molecule is CN(CCCN(C)C(=O)CO[C@H]1Cc2ccccc2C12CCN(CC[C@@]1(c3ccc(F)cc3)CN(C(=O)c3cc(C(F)(F)F)cc(C(F)(F)F)c3)CO1)CC2)C(=O)CCC[N+](C)(C)CCCCCC(=O)N(C)CCN1CCC(OC(=O)Nc2ccccc2-c2ccccc2)CC1.O=C([O-])C(F)(F)F. The van der Waals surface area contributed by atoms with Crippen molar-refractivity contribution in [1.82, 2.24) is 29.4 Å². The minimum absolute atomic E-state index is 0.0261. The van der Waals surface area contributed by atoms with Gasteiger partial charge in [-0.05, 0) is 136 Å². The average Bonchev–Trinajstić information content (AvgIpc) is 1.58. The zero-order chi connectivity index (χ0) is 74.9. The molecule has 103 heavy (non-hydrogen) atoms. The van der Waals surface area contributed by atoms with Crippen LogP contribution in [0.2, 0.25) is 0 Å². The van der Waals surface area contributed by atoms with Crippen LogP contribution in [-0.2, 0) is 63.2 Å². The molecule has 4 aliphatic rings. The first-order chi connectivity index (χ1) is 48.6. The lowest BCUT2D eigenvalue weighted by Gasteiger charge is -2.44. The molecule has 3 saturated heterocycles. The fraction of sp³-hybridized carbons (Fsp3) is 0.520. The van der Waals surface area contributed by atoms with E-state index in [9.17, 15) is 67.9 Å². The minimum atomic E-state index is -5.19. The molecule has 562 valence electrons. The Labute approximate surface area is 594 Å². The number of amides is 5. The number of para-hydroxylation sites is 1. The Morgan fingerprint density at radius 2 is 1.21 bits per heavy atom. The summed E-state index contributed by atoms with van der Waals surface area (Å²) in [7, 11) is 9.74. The molecule has 1 spiro atoms. The van der Waals surface area contributed by atoms with Gasteiger partial charge in [0.05, 0.1) is 56.6 Å². The standard InChI is InChI=1S/C73H91F7N8O8.C2HF3O2/c1-82(66(90)25-16-45-88(4,5)44-15-7-10-24-65(89)84(3)42-43-85-37-30-60(31-38-85)96-69(93)81-63-23-14-12-21-61(63)53-18-8-6-9-19-53)35-17-36-83(2)67(91)50-94-64-48-54-20-11-13-22-62(54)70(64)32-39-86(40-33-70)41-34-71(56-26-28-59(74)29-27-56)51-87(52-95-71)68(92)55-46-57(72(75,76)77)49-58(47-55)73(78,79)80;3-2(4,5)1(6)7/h6,8-9,11-14,18-23,26-29,46-47,49,60,64H,7,10,15-17,24-25,30-45,48,50-52H2,1-5H3;(H,6,7)/t64-,71-;/m0./s1. The first kappa shape index (κ1) is 80.5. The highest BCUT2D eigenvalue weighted by atomic mass is 19.4. The van der Waals surface area contributed by atoms with Gasteiger partial charge in [-0.3, -0.25) is 24.5 Å². The molecule has 5 aromatic carbocycles. The maximum Gasteiger partial charge on any atom is 0.430 e. The van der Waals surface area contributed by atoms with Crippen LogP contribution in [0, 0.1) is 5.82 Å². The Balaban J connectivity index is 0.00000182. The van der Waals surface area contributed by atoms with Crippen molar-refractivity contribution in [3.63, 3.8) is 0 Å². The van der Waals surface area contributed by atoms with Crippen LogP contribution >= 0.6 is 0 Å². The maximum atomic E-state index is 14.2. The van der Waals surface area contributed by atoms with Gasteiger partial charge in [0.25, 0.3) is 5.91 Å². The summed E-state index contributed by atoms with van der Waals surface area (Å²) >= 11 is 0. The first-order valence-electron chi connectivity index (χ1n) is 34.7. The molecule has 1 N–H and O–H groups in total. The van der Waals surface area contributed by atoms with Crippen molar-refractivity contribution in [2.45, 2.75) is 125 Å². The molecule has 5 amide bonds. The lowest BCUT2D eigenvalue weighted by molar-refractivity contribution is -0.890. The van der Waals surface area contributed by atoms with Crippen molar-refractivity contribution in [2.24, 2.45) is 0 Å². The van der Waals surface area contributed by atoms with Gasteiger partial charge in [-0.2, -0.15) is 39.5 Å². The second kappa shape index (κ2) is 35.5. The monoisotopic (exact) mass is 1450 g/mol. The Morgan fingerprint density at radius 1 is 0.650 bits per heavy atom. The number of piperidine rings is 2. The van der Waals surface area contributed by atoms with E-state index in [0.717, 1.165) is 97.3 Å². The summed E-state index contributed by atoms with van der Waals surface area (Å²) in [5, 5.41) is 11.7.